The maximum atomic E-state index is 12.7. The Morgan fingerprint density at radius 1 is 1.19 bits per heavy atom. The summed E-state index contributed by atoms with van der Waals surface area (Å²) in [5.41, 5.74) is 1.31. The van der Waals surface area contributed by atoms with Gasteiger partial charge in [0.1, 0.15) is 18.1 Å². The third-order valence-electron chi connectivity index (χ3n) is 4.97. The van der Waals surface area contributed by atoms with E-state index >= 15 is 0 Å². The number of furan rings is 1. The fourth-order valence-corrected chi connectivity index (χ4v) is 3.52. The molecule has 0 spiro atoms. The number of carbonyl (C=O) groups is 1. The van der Waals surface area contributed by atoms with E-state index < -0.39 is 0 Å². The Labute approximate surface area is 154 Å². The van der Waals surface area contributed by atoms with Crippen LogP contribution in [0, 0.1) is 5.92 Å². The van der Waals surface area contributed by atoms with Gasteiger partial charge in [-0.2, -0.15) is 0 Å². The Kier molecular flexibility index (Phi) is 6.34. The summed E-state index contributed by atoms with van der Waals surface area (Å²) in [7, 11) is 3.29. The van der Waals surface area contributed by atoms with E-state index in [0.717, 1.165) is 38.1 Å². The minimum atomic E-state index is -0.0125. The highest BCUT2D eigenvalue weighted by Gasteiger charge is 2.26. The van der Waals surface area contributed by atoms with Gasteiger partial charge in [0.05, 0.1) is 7.11 Å². The van der Waals surface area contributed by atoms with Crippen LogP contribution in [0.25, 0.3) is 0 Å². The van der Waals surface area contributed by atoms with E-state index in [9.17, 15) is 4.79 Å². The fraction of sp³-hybridized carbons (Fsp3) is 0.476. The number of hydrogen-bond acceptors (Lipinski definition) is 4. The van der Waals surface area contributed by atoms with Crippen molar-refractivity contribution < 1.29 is 18.7 Å². The maximum absolute atomic E-state index is 12.7. The van der Waals surface area contributed by atoms with Crippen molar-refractivity contribution in [1.29, 1.82) is 0 Å². The fourth-order valence-electron chi connectivity index (χ4n) is 3.52. The molecule has 1 aromatic carbocycles. The van der Waals surface area contributed by atoms with E-state index in [1.54, 1.807) is 20.3 Å². The zero-order valence-electron chi connectivity index (χ0n) is 15.6. The van der Waals surface area contributed by atoms with Gasteiger partial charge in [-0.25, -0.2) is 0 Å². The molecule has 1 aliphatic rings. The summed E-state index contributed by atoms with van der Waals surface area (Å²) in [6.07, 6.45) is 4.33. The van der Waals surface area contributed by atoms with Crippen molar-refractivity contribution in [3.05, 3.63) is 53.5 Å². The molecule has 1 fully saturated rings. The number of amides is 1. The second-order valence-electron chi connectivity index (χ2n) is 6.85. The molecule has 1 aromatic heterocycles. The molecule has 1 atom stereocenters. The van der Waals surface area contributed by atoms with Crippen LogP contribution in [0.1, 0.15) is 41.1 Å². The number of aryl methyl sites for hydroxylation is 1. The average Bonchev–Trinajstić information content (AvgIpc) is 3.15. The van der Waals surface area contributed by atoms with Crippen LogP contribution in [-0.4, -0.2) is 38.1 Å². The van der Waals surface area contributed by atoms with Gasteiger partial charge in [-0.15, -0.1) is 0 Å². The lowest BCUT2D eigenvalue weighted by molar-refractivity contribution is 0.0629. The highest BCUT2D eigenvalue weighted by Crippen LogP contribution is 2.24. The molecule has 2 heterocycles. The second kappa shape index (κ2) is 8.90. The van der Waals surface area contributed by atoms with Crippen molar-refractivity contribution >= 4 is 5.91 Å². The van der Waals surface area contributed by atoms with E-state index in [4.69, 9.17) is 13.9 Å². The zero-order chi connectivity index (χ0) is 18.4. The van der Waals surface area contributed by atoms with Gasteiger partial charge in [-0.05, 0) is 61.4 Å². The SMILES string of the molecule is COCc1ccc(C(=O)N2CCCC(CCc3ccc(OC)cc3)C2)o1. The molecular formula is C21H27NO4. The molecule has 0 aliphatic carbocycles. The van der Waals surface area contributed by atoms with Crippen molar-refractivity contribution in [2.75, 3.05) is 27.3 Å². The molecule has 3 rings (SSSR count). The van der Waals surface area contributed by atoms with Crippen molar-refractivity contribution in [2.45, 2.75) is 32.3 Å². The van der Waals surface area contributed by atoms with E-state index in [1.165, 1.54) is 12.0 Å². The zero-order valence-corrected chi connectivity index (χ0v) is 15.6. The summed E-state index contributed by atoms with van der Waals surface area (Å²) in [5.74, 6) is 2.50. The number of rotatable bonds is 7. The van der Waals surface area contributed by atoms with E-state index in [-0.39, 0.29) is 5.91 Å². The summed E-state index contributed by atoms with van der Waals surface area (Å²) in [4.78, 5) is 14.6. The van der Waals surface area contributed by atoms with Crippen LogP contribution in [0.5, 0.6) is 5.75 Å². The highest BCUT2D eigenvalue weighted by atomic mass is 16.5. The van der Waals surface area contributed by atoms with Crippen LogP contribution in [0.15, 0.2) is 40.8 Å². The normalized spacial score (nSPS) is 17.3. The predicted octanol–water partition coefficient (Wildman–Crippen LogP) is 3.92. The Balaban J connectivity index is 1.53. The number of piperidine rings is 1. The summed E-state index contributed by atoms with van der Waals surface area (Å²) < 4.78 is 15.8. The van der Waals surface area contributed by atoms with Gasteiger partial charge in [-0.3, -0.25) is 4.79 Å². The van der Waals surface area contributed by atoms with Crippen molar-refractivity contribution in [1.82, 2.24) is 4.90 Å². The number of hydrogen-bond donors (Lipinski definition) is 0. The largest absolute Gasteiger partial charge is 0.497 e. The Hall–Kier alpha value is -2.27. The van der Waals surface area contributed by atoms with Crippen LogP contribution in [-0.2, 0) is 17.8 Å². The first-order valence-corrected chi connectivity index (χ1v) is 9.19. The van der Waals surface area contributed by atoms with Gasteiger partial charge in [0.15, 0.2) is 5.76 Å². The first-order valence-electron chi connectivity index (χ1n) is 9.19. The highest BCUT2D eigenvalue weighted by molar-refractivity contribution is 5.91. The molecule has 0 bridgehead atoms. The molecule has 5 heteroatoms. The second-order valence-corrected chi connectivity index (χ2v) is 6.85. The molecule has 26 heavy (non-hydrogen) atoms. The Bertz CT molecular complexity index is 707. The number of benzene rings is 1. The molecule has 0 radical (unpaired) electrons. The minimum Gasteiger partial charge on any atom is -0.497 e. The first-order chi connectivity index (χ1) is 12.7. The quantitative estimate of drug-likeness (QED) is 0.754. The lowest BCUT2D eigenvalue weighted by Gasteiger charge is -2.32. The smallest absolute Gasteiger partial charge is 0.289 e. The molecule has 0 N–H and O–H groups in total. The van der Waals surface area contributed by atoms with Crippen molar-refractivity contribution in [3.8, 4) is 5.75 Å². The molecule has 1 saturated heterocycles. The number of likely N-dealkylation sites (tertiary alicyclic amines) is 1. The van der Waals surface area contributed by atoms with Crippen LogP contribution in [0.3, 0.4) is 0 Å². The number of nitrogens with zero attached hydrogens (tertiary/aromatic N) is 1. The van der Waals surface area contributed by atoms with Gasteiger partial charge < -0.3 is 18.8 Å². The minimum absolute atomic E-state index is 0.0125. The summed E-state index contributed by atoms with van der Waals surface area (Å²) >= 11 is 0. The molecule has 2 aromatic rings. The average molecular weight is 357 g/mol. The Morgan fingerprint density at radius 3 is 2.73 bits per heavy atom. The monoisotopic (exact) mass is 357 g/mol. The van der Waals surface area contributed by atoms with Crippen molar-refractivity contribution in [2.24, 2.45) is 5.92 Å². The number of carbonyl (C=O) groups excluding carboxylic acids is 1. The van der Waals surface area contributed by atoms with Crippen LogP contribution < -0.4 is 4.74 Å². The van der Waals surface area contributed by atoms with E-state index in [0.29, 0.717) is 24.0 Å². The standard InChI is InChI=1S/C21H27NO4/c1-24-15-19-11-12-20(26-19)21(23)22-13-3-4-17(14-22)6-5-16-7-9-18(25-2)10-8-16/h7-12,17H,3-6,13-15H2,1-2H3. The first kappa shape index (κ1) is 18.5. The molecule has 5 nitrogen and oxygen atoms in total. The number of ether oxygens (including phenoxy) is 2. The van der Waals surface area contributed by atoms with E-state index in [1.807, 2.05) is 23.1 Å². The maximum Gasteiger partial charge on any atom is 0.289 e. The molecule has 1 unspecified atom stereocenters. The van der Waals surface area contributed by atoms with Gasteiger partial charge in [0.2, 0.25) is 0 Å². The third kappa shape index (κ3) is 4.67. The predicted molar refractivity (Wildman–Crippen MR) is 99.4 cm³/mol. The summed E-state index contributed by atoms with van der Waals surface area (Å²) in [6, 6.07) is 11.8. The molecule has 1 aliphatic heterocycles. The number of methoxy groups -OCH3 is 2. The topological polar surface area (TPSA) is 51.9 Å². The van der Waals surface area contributed by atoms with Gasteiger partial charge in [0.25, 0.3) is 5.91 Å². The summed E-state index contributed by atoms with van der Waals surface area (Å²) in [5, 5.41) is 0. The third-order valence-corrected chi connectivity index (χ3v) is 4.97. The molecule has 1 amide bonds. The van der Waals surface area contributed by atoms with Gasteiger partial charge in [-0.1, -0.05) is 12.1 Å². The Morgan fingerprint density at radius 2 is 2.00 bits per heavy atom. The van der Waals surface area contributed by atoms with Gasteiger partial charge >= 0.3 is 0 Å². The van der Waals surface area contributed by atoms with Crippen molar-refractivity contribution in [3.63, 3.8) is 0 Å². The lowest BCUT2D eigenvalue weighted by Crippen LogP contribution is -2.39. The lowest BCUT2D eigenvalue weighted by atomic mass is 9.91. The summed E-state index contributed by atoms with van der Waals surface area (Å²) in [6.45, 7) is 1.99. The van der Waals surface area contributed by atoms with Crippen LogP contribution in [0.4, 0.5) is 0 Å². The van der Waals surface area contributed by atoms with Crippen LogP contribution >= 0.6 is 0 Å². The van der Waals surface area contributed by atoms with E-state index in [2.05, 4.69) is 12.1 Å². The molecular weight excluding hydrogens is 330 g/mol. The van der Waals surface area contributed by atoms with Gasteiger partial charge in [0, 0.05) is 20.2 Å². The molecule has 140 valence electrons. The van der Waals surface area contributed by atoms with Crippen LogP contribution in [0.2, 0.25) is 0 Å². The molecule has 0 saturated carbocycles.